The van der Waals surface area contributed by atoms with Crippen molar-refractivity contribution in [3.05, 3.63) is 34.9 Å². The van der Waals surface area contributed by atoms with Crippen molar-refractivity contribution < 1.29 is 4.79 Å². The molecule has 0 bridgehead atoms. The van der Waals surface area contributed by atoms with Crippen LogP contribution < -0.4 is 5.32 Å². The average molecular weight is 252 g/mol. The normalized spacial score (nSPS) is 16.6. The molecule has 0 unspecified atom stereocenters. The highest BCUT2D eigenvalue weighted by Crippen LogP contribution is 2.48. The van der Waals surface area contributed by atoms with E-state index in [1.807, 2.05) is 24.3 Å². The van der Waals surface area contributed by atoms with Gasteiger partial charge in [-0.15, -0.1) is 0 Å². The van der Waals surface area contributed by atoms with Gasteiger partial charge in [-0.1, -0.05) is 37.1 Å². The lowest BCUT2D eigenvalue weighted by Crippen LogP contribution is -2.35. The number of benzene rings is 1. The molecule has 0 atom stereocenters. The second kappa shape index (κ2) is 5.09. The van der Waals surface area contributed by atoms with E-state index in [2.05, 4.69) is 12.2 Å². The van der Waals surface area contributed by atoms with Gasteiger partial charge in [-0.05, 0) is 37.0 Å². The first kappa shape index (κ1) is 12.4. The summed E-state index contributed by atoms with van der Waals surface area (Å²) in [5, 5.41) is 3.73. The number of rotatable bonds is 5. The van der Waals surface area contributed by atoms with Crippen molar-refractivity contribution >= 4 is 17.5 Å². The molecule has 1 amide bonds. The minimum Gasteiger partial charge on any atom is -0.355 e. The smallest absolute Gasteiger partial charge is 0.230 e. The monoisotopic (exact) mass is 251 g/mol. The van der Waals surface area contributed by atoms with Gasteiger partial charge in [0.15, 0.2) is 0 Å². The van der Waals surface area contributed by atoms with Crippen LogP contribution >= 0.6 is 11.6 Å². The summed E-state index contributed by atoms with van der Waals surface area (Å²) in [7, 11) is 0. The molecule has 0 heterocycles. The number of amides is 1. The number of carbonyl (C=O) groups is 1. The van der Waals surface area contributed by atoms with Crippen LogP contribution in [0.1, 0.15) is 38.2 Å². The van der Waals surface area contributed by atoms with Gasteiger partial charge in [0.1, 0.15) is 0 Å². The van der Waals surface area contributed by atoms with Crippen LogP contribution in [0.4, 0.5) is 0 Å². The van der Waals surface area contributed by atoms with Crippen LogP contribution in [0.25, 0.3) is 0 Å². The van der Waals surface area contributed by atoms with Gasteiger partial charge in [-0.25, -0.2) is 0 Å². The molecule has 0 spiro atoms. The molecule has 0 aromatic heterocycles. The molecular weight excluding hydrogens is 234 g/mol. The van der Waals surface area contributed by atoms with Gasteiger partial charge < -0.3 is 5.32 Å². The number of hydrogen-bond donors (Lipinski definition) is 1. The molecule has 0 saturated heterocycles. The minimum absolute atomic E-state index is 0.160. The Bertz CT molecular complexity index is 412. The highest BCUT2D eigenvalue weighted by Gasteiger charge is 2.51. The first-order chi connectivity index (χ1) is 8.19. The minimum atomic E-state index is -0.293. The Morgan fingerprint density at radius 1 is 1.47 bits per heavy atom. The maximum Gasteiger partial charge on any atom is 0.230 e. The molecule has 3 heteroatoms. The topological polar surface area (TPSA) is 29.1 Å². The van der Waals surface area contributed by atoms with Crippen molar-refractivity contribution in [3.8, 4) is 0 Å². The van der Waals surface area contributed by atoms with E-state index in [9.17, 15) is 4.79 Å². The van der Waals surface area contributed by atoms with Crippen molar-refractivity contribution in [2.24, 2.45) is 0 Å². The number of hydrogen-bond acceptors (Lipinski definition) is 1. The van der Waals surface area contributed by atoms with Gasteiger partial charge in [0.2, 0.25) is 5.91 Å². The SMILES string of the molecule is CCCCNC(=O)C1(c2cccc(Cl)c2)CC1. The van der Waals surface area contributed by atoms with E-state index in [1.54, 1.807) is 0 Å². The quantitative estimate of drug-likeness (QED) is 0.800. The lowest BCUT2D eigenvalue weighted by molar-refractivity contribution is -0.123. The van der Waals surface area contributed by atoms with Crippen LogP contribution in [-0.4, -0.2) is 12.5 Å². The summed E-state index contributed by atoms with van der Waals surface area (Å²) >= 11 is 5.98. The molecule has 1 saturated carbocycles. The number of carbonyl (C=O) groups excluding carboxylic acids is 1. The summed E-state index contributed by atoms with van der Waals surface area (Å²) in [6.07, 6.45) is 4.01. The lowest BCUT2D eigenvalue weighted by atomic mass is 9.95. The van der Waals surface area contributed by atoms with Crippen LogP contribution in [0.15, 0.2) is 24.3 Å². The molecule has 1 aromatic rings. The largest absolute Gasteiger partial charge is 0.355 e. The van der Waals surface area contributed by atoms with Gasteiger partial charge in [0, 0.05) is 11.6 Å². The molecule has 92 valence electrons. The van der Waals surface area contributed by atoms with Gasteiger partial charge in [-0.2, -0.15) is 0 Å². The van der Waals surface area contributed by atoms with Gasteiger partial charge >= 0.3 is 0 Å². The Morgan fingerprint density at radius 3 is 2.82 bits per heavy atom. The van der Waals surface area contributed by atoms with E-state index < -0.39 is 0 Å². The number of unbranched alkanes of at least 4 members (excludes halogenated alkanes) is 1. The summed E-state index contributed by atoms with van der Waals surface area (Å²) in [5.41, 5.74) is 0.762. The van der Waals surface area contributed by atoms with Gasteiger partial charge in [0.25, 0.3) is 0 Å². The molecule has 2 rings (SSSR count). The van der Waals surface area contributed by atoms with Crippen molar-refractivity contribution in [2.75, 3.05) is 6.54 Å². The van der Waals surface area contributed by atoms with E-state index in [-0.39, 0.29) is 11.3 Å². The van der Waals surface area contributed by atoms with Crippen LogP contribution in [0, 0.1) is 0 Å². The molecule has 1 aliphatic carbocycles. The number of halogens is 1. The molecule has 1 fully saturated rings. The van der Waals surface area contributed by atoms with E-state index in [4.69, 9.17) is 11.6 Å². The molecular formula is C14H18ClNO. The number of nitrogens with one attached hydrogen (secondary N) is 1. The van der Waals surface area contributed by atoms with Crippen LogP contribution in [0.5, 0.6) is 0 Å². The Labute approximate surface area is 107 Å². The zero-order valence-corrected chi connectivity index (χ0v) is 10.9. The second-order valence-corrected chi connectivity index (χ2v) is 5.14. The summed E-state index contributed by atoms with van der Waals surface area (Å²) in [6.45, 7) is 2.90. The van der Waals surface area contributed by atoms with Crippen LogP contribution in [-0.2, 0) is 10.2 Å². The fourth-order valence-corrected chi connectivity index (χ4v) is 2.30. The van der Waals surface area contributed by atoms with Crippen molar-refractivity contribution in [2.45, 2.75) is 38.0 Å². The molecule has 1 N–H and O–H groups in total. The third kappa shape index (κ3) is 2.63. The highest BCUT2D eigenvalue weighted by molar-refractivity contribution is 6.30. The molecule has 2 nitrogen and oxygen atoms in total. The molecule has 17 heavy (non-hydrogen) atoms. The summed E-state index contributed by atoms with van der Waals surface area (Å²) in [6, 6.07) is 7.67. The van der Waals surface area contributed by atoms with Crippen molar-refractivity contribution in [1.82, 2.24) is 5.32 Å². The molecule has 1 aliphatic rings. The van der Waals surface area contributed by atoms with E-state index in [0.717, 1.165) is 37.8 Å². The predicted molar refractivity (Wildman–Crippen MR) is 70.3 cm³/mol. The zero-order valence-electron chi connectivity index (χ0n) is 10.1. The van der Waals surface area contributed by atoms with Crippen LogP contribution in [0.3, 0.4) is 0 Å². The fraction of sp³-hybridized carbons (Fsp3) is 0.500. The average Bonchev–Trinajstić information content (AvgIpc) is 3.10. The second-order valence-electron chi connectivity index (χ2n) is 4.70. The summed E-state index contributed by atoms with van der Waals surface area (Å²) in [4.78, 5) is 12.2. The zero-order chi connectivity index (χ0) is 12.3. The van der Waals surface area contributed by atoms with Crippen LogP contribution in [0.2, 0.25) is 5.02 Å². The Morgan fingerprint density at radius 2 is 2.24 bits per heavy atom. The summed E-state index contributed by atoms with van der Waals surface area (Å²) in [5.74, 6) is 0.160. The summed E-state index contributed by atoms with van der Waals surface area (Å²) < 4.78 is 0. The van der Waals surface area contributed by atoms with Gasteiger partial charge in [-0.3, -0.25) is 4.79 Å². The fourth-order valence-electron chi connectivity index (χ4n) is 2.11. The van der Waals surface area contributed by atoms with E-state index >= 15 is 0 Å². The maximum absolute atomic E-state index is 12.2. The maximum atomic E-state index is 12.2. The molecule has 0 radical (unpaired) electrons. The third-order valence-electron chi connectivity index (χ3n) is 3.38. The van der Waals surface area contributed by atoms with Crippen molar-refractivity contribution in [1.29, 1.82) is 0 Å². The lowest BCUT2D eigenvalue weighted by Gasteiger charge is -2.15. The first-order valence-electron chi connectivity index (χ1n) is 6.23. The van der Waals surface area contributed by atoms with Gasteiger partial charge in [0.05, 0.1) is 5.41 Å². The highest BCUT2D eigenvalue weighted by atomic mass is 35.5. The van der Waals surface area contributed by atoms with E-state index in [0.29, 0.717) is 5.02 Å². The molecule has 0 aliphatic heterocycles. The Balaban J connectivity index is 2.06. The predicted octanol–water partition coefficient (Wildman–Crippen LogP) is 3.29. The standard InChI is InChI=1S/C14H18ClNO/c1-2-3-9-16-13(17)14(7-8-14)11-5-4-6-12(15)10-11/h4-6,10H,2-3,7-9H2,1H3,(H,16,17). The first-order valence-corrected chi connectivity index (χ1v) is 6.61. The Kier molecular flexibility index (Phi) is 3.72. The third-order valence-corrected chi connectivity index (χ3v) is 3.61. The Hall–Kier alpha value is -1.02. The van der Waals surface area contributed by atoms with E-state index in [1.165, 1.54) is 0 Å². The van der Waals surface area contributed by atoms with Crippen molar-refractivity contribution in [3.63, 3.8) is 0 Å². The molecule has 1 aromatic carbocycles.